The molecule has 1 aliphatic heterocycles. The average molecular weight is 303 g/mol. The Hall–Kier alpha value is -0.820. The summed E-state index contributed by atoms with van der Waals surface area (Å²) in [5, 5.41) is 0. The molecule has 116 valence electrons. The number of rotatable bonds is 3. The summed E-state index contributed by atoms with van der Waals surface area (Å²) in [7, 11) is -1.98. The van der Waals surface area contributed by atoms with Crippen LogP contribution in [0.25, 0.3) is 0 Å². The second-order valence-electron chi connectivity index (χ2n) is 5.77. The van der Waals surface area contributed by atoms with Gasteiger partial charge in [-0.25, -0.2) is 9.52 Å². The van der Waals surface area contributed by atoms with E-state index in [1.165, 1.54) is 10.7 Å². The van der Waals surface area contributed by atoms with E-state index in [-0.39, 0.29) is 6.04 Å². The Balaban J connectivity index is 1.91. The number of carbonyl (C=O) groups is 1. The Bertz CT molecular complexity index is 426. The van der Waals surface area contributed by atoms with E-state index in [1.807, 2.05) is 0 Å². The highest BCUT2D eigenvalue weighted by atomic mass is 32.2. The lowest BCUT2D eigenvalue weighted by Crippen LogP contribution is -2.51. The van der Waals surface area contributed by atoms with Crippen LogP contribution in [0.3, 0.4) is 0 Å². The summed E-state index contributed by atoms with van der Waals surface area (Å²) in [6, 6.07) is -0.331. The van der Waals surface area contributed by atoms with Crippen molar-refractivity contribution < 1.29 is 13.2 Å². The molecule has 1 aliphatic carbocycles. The van der Waals surface area contributed by atoms with Crippen molar-refractivity contribution in [1.29, 1.82) is 0 Å². The fourth-order valence-corrected chi connectivity index (χ4v) is 4.22. The zero-order valence-corrected chi connectivity index (χ0v) is 13.0. The molecule has 2 rings (SSSR count). The Labute approximate surface area is 121 Å². The maximum Gasteiger partial charge on any atom is 0.332 e. The van der Waals surface area contributed by atoms with Crippen LogP contribution in [0.1, 0.15) is 51.4 Å². The van der Waals surface area contributed by atoms with Gasteiger partial charge in [-0.15, -0.1) is 0 Å². The standard InChI is InChI=1S/C13H25N3O3S/c1-15(12-8-4-2-5-9-12)13(17)14-20(18,19)16-10-6-3-7-11-16/h12H,2-11H2,1H3,(H,14,17). The summed E-state index contributed by atoms with van der Waals surface area (Å²) in [5.41, 5.74) is 0. The first kappa shape index (κ1) is 15.6. The molecule has 2 amide bonds. The number of carbonyl (C=O) groups excluding carboxylic acids is 1. The van der Waals surface area contributed by atoms with Crippen molar-refractivity contribution in [3.05, 3.63) is 0 Å². The lowest BCUT2D eigenvalue weighted by atomic mass is 9.95. The molecule has 1 saturated carbocycles. The first-order chi connectivity index (χ1) is 9.50. The highest BCUT2D eigenvalue weighted by Gasteiger charge is 2.29. The summed E-state index contributed by atoms with van der Waals surface area (Å²) in [4.78, 5) is 13.7. The van der Waals surface area contributed by atoms with E-state index < -0.39 is 16.2 Å². The molecule has 0 spiro atoms. The van der Waals surface area contributed by atoms with Gasteiger partial charge in [0.25, 0.3) is 0 Å². The average Bonchev–Trinajstić information content (AvgIpc) is 2.48. The van der Waals surface area contributed by atoms with Crippen molar-refractivity contribution in [2.75, 3.05) is 20.1 Å². The van der Waals surface area contributed by atoms with Gasteiger partial charge in [0.2, 0.25) is 0 Å². The number of hydrogen-bond acceptors (Lipinski definition) is 3. The number of hydrogen-bond donors (Lipinski definition) is 1. The normalized spacial score (nSPS) is 22.4. The molecule has 0 aromatic heterocycles. The van der Waals surface area contributed by atoms with Gasteiger partial charge in [-0.1, -0.05) is 25.7 Å². The SMILES string of the molecule is CN(C(=O)NS(=O)(=O)N1CCCCC1)C1CCCCC1. The van der Waals surface area contributed by atoms with Crippen LogP contribution in [0.5, 0.6) is 0 Å². The highest BCUT2D eigenvalue weighted by molar-refractivity contribution is 7.87. The molecule has 1 heterocycles. The van der Waals surface area contributed by atoms with Gasteiger partial charge in [-0.3, -0.25) is 0 Å². The van der Waals surface area contributed by atoms with Gasteiger partial charge in [0.15, 0.2) is 0 Å². The largest absolute Gasteiger partial charge is 0.332 e. The van der Waals surface area contributed by atoms with Crippen molar-refractivity contribution in [3.63, 3.8) is 0 Å². The molecule has 1 saturated heterocycles. The molecule has 20 heavy (non-hydrogen) atoms. The molecule has 0 atom stereocenters. The topological polar surface area (TPSA) is 69.7 Å². The number of nitrogens with zero attached hydrogens (tertiary/aromatic N) is 2. The van der Waals surface area contributed by atoms with Crippen LogP contribution in [0.2, 0.25) is 0 Å². The van der Waals surface area contributed by atoms with Crippen LogP contribution < -0.4 is 4.72 Å². The predicted molar refractivity (Wildman–Crippen MR) is 77.5 cm³/mol. The zero-order valence-electron chi connectivity index (χ0n) is 12.2. The smallest absolute Gasteiger partial charge is 0.324 e. The third-order valence-corrected chi connectivity index (χ3v) is 5.79. The Morgan fingerprint density at radius 3 is 2.20 bits per heavy atom. The van der Waals surface area contributed by atoms with E-state index in [4.69, 9.17) is 0 Å². The van der Waals surface area contributed by atoms with Gasteiger partial charge in [-0.2, -0.15) is 12.7 Å². The Kier molecular flexibility index (Phi) is 5.26. The second-order valence-corrected chi connectivity index (χ2v) is 7.45. The third-order valence-electron chi connectivity index (χ3n) is 4.31. The van der Waals surface area contributed by atoms with Crippen LogP contribution in [0, 0.1) is 0 Å². The van der Waals surface area contributed by atoms with E-state index in [2.05, 4.69) is 4.72 Å². The minimum atomic E-state index is -3.67. The van der Waals surface area contributed by atoms with Crippen molar-refractivity contribution in [2.24, 2.45) is 0 Å². The summed E-state index contributed by atoms with van der Waals surface area (Å²) in [6.07, 6.45) is 8.16. The highest BCUT2D eigenvalue weighted by Crippen LogP contribution is 2.21. The minimum Gasteiger partial charge on any atom is -0.324 e. The molecule has 0 bridgehead atoms. The molecule has 1 N–H and O–H groups in total. The van der Waals surface area contributed by atoms with E-state index in [0.29, 0.717) is 13.1 Å². The van der Waals surface area contributed by atoms with Crippen molar-refractivity contribution >= 4 is 16.2 Å². The van der Waals surface area contributed by atoms with Gasteiger partial charge < -0.3 is 4.90 Å². The first-order valence-electron chi connectivity index (χ1n) is 7.55. The summed E-state index contributed by atoms with van der Waals surface area (Å²) >= 11 is 0. The fourth-order valence-electron chi connectivity index (χ4n) is 2.99. The maximum absolute atomic E-state index is 12.2. The monoisotopic (exact) mass is 303 g/mol. The van der Waals surface area contributed by atoms with Gasteiger partial charge in [0, 0.05) is 26.2 Å². The van der Waals surface area contributed by atoms with Crippen molar-refractivity contribution in [2.45, 2.75) is 57.4 Å². The first-order valence-corrected chi connectivity index (χ1v) is 8.99. The quantitative estimate of drug-likeness (QED) is 0.862. The van der Waals surface area contributed by atoms with E-state index in [1.54, 1.807) is 11.9 Å². The van der Waals surface area contributed by atoms with E-state index >= 15 is 0 Å². The molecule has 0 radical (unpaired) electrons. The third kappa shape index (κ3) is 3.85. The van der Waals surface area contributed by atoms with Crippen LogP contribution in [-0.2, 0) is 10.2 Å². The van der Waals surface area contributed by atoms with Crippen molar-refractivity contribution in [3.8, 4) is 0 Å². The summed E-state index contributed by atoms with van der Waals surface area (Å²) in [5.74, 6) is 0. The van der Waals surface area contributed by atoms with E-state index in [9.17, 15) is 13.2 Å². The van der Waals surface area contributed by atoms with Crippen molar-refractivity contribution in [1.82, 2.24) is 13.9 Å². The minimum absolute atomic E-state index is 0.167. The molecule has 6 nitrogen and oxygen atoms in total. The number of urea groups is 1. The number of piperidine rings is 1. The molecule has 2 aliphatic rings. The lowest BCUT2D eigenvalue weighted by molar-refractivity contribution is 0.178. The Morgan fingerprint density at radius 2 is 1.60 bits per heavy atom. The van der Waals surface area contributed by atoms with Gasteiger partial charge in [0.05, 0.1) is 0 Å². The summed E-state index contributed by atoms with van der Waals surface area (Å²) < 4.78 is 27.9. The Morgan fingerprint density at radius 1 is 1.05 bits per heavy atom. The van der Waals surface area contributed by atoms with Crippen LogP contribution in [-0.4, -0.2) is 49.8 Å². The molecular formula is C13H25N3O3S. The van der Waals surface area contributed by atoms with Crippen LogP contribution in [0.4, 0.5) is 4.79 Å². The van der Waals surface area contributed by atoms with Crippen LogP contribution >= 0.6 is 0 Å². The van der Waals surface area contributed by atoms with Gasteiger partial charge in [0.1, 0.15) is 0 Å². The van der Waals surface area contributed by atoms with Crippen LogP contribution in [0.15, 0.2) is 0 Å². The second kappa shape index (κ2) is 6.76. The van der Waals surface area contributed by atoms with E-state index in [0.717, 1.165) is 44.9 Å². The molecule has 2 fully saturated rings. The van der Waals surface area contributed by atoms with Gasteiger partial charge >= 0.3 is 16.2 Å². The molecule has 7 heteroatoms. The number of amides is 2. The maximum atomic E-state index is 12.2. The zero-order chi connectivity index (χ0) is 14.6. The molecular weight excluding hydrogens is 278 g/mol. The number of nitrogens with one attached hydrogen (secondary N) is 1. The molecule has 0 aromatic rings. The van der Waals surface area contributed by atoms with Gasteiger partial charge in [-0.05, 0) is 25.7 Å². The molecule has 0 aromatic carbocycles. The lowest BCUT2D eigenvalue weighted by Gasteiger charge is -2.32. The predicted octanol–water partition coefficient (Wildman–Crippen LogP) is 1.69. The fraction of sp³-hybridized carbons (Fsp3) is 0.923. The summed E-state index contributed by atoms with van der Waals surface area (Å²) in [6.45, 7) is 1.02. The molecule has 0 unspecified atom stereocenters.